The molecule has 2 nitrogen and oxygen atoms in total. The van der Waals surface area contributed by atoms with Gasteiger partial charge in [0.1, 0.15) is 0 Å². The van der Waals surface area contributed by atoms with Gasteiger partial charge in [0.15, 0.2) is 0 Å². The first-order chi connectivity index (χ1) is 13.7. The molecule has 29 heavy (non-hydrogen) atoms. The molecule has 0 atom stereocenters. The van der Waals surface area contributed by atoms with Crippen LogP contribution in [-0.2, 0) is 0 Å². The Kier molecular flexibility index (Phi) is 26.5. The van der Waals surface area contributed by atoms with Crippen LogP contribution in [0.2, 0.25) is 0 Å². The van der Waals surface area contributed by atoms with Gasteiger partial charge >= 0.3 is 0 Å². The zero-order valence-electron chi connectivity index (χ0n) is 20.5. The smallest absolute Gasteiger partial charge is 0.0806 e. The molecule has 0 saturated heterocycles. The molecule has 0 spiro atoms. The molecule has 0 aliphatic carbocycles. The fourth-order valence-corrected chi connectivity index (χ4v) is 4.40. The molecule has 3 heteroatoms. The predicted octanol–water partition coefficient (Wildman–Crippen LogP) is 4.88. The van der Waals surface area contributed by atoms with E-state index in [9.17, 15) is 5.11 Å². The lowest BCUT2D eigenvalue weighted by Crippen LogP contribution is -3.00. The summed E-state index contributed by atoms with van der Waals surface area (Å²) < 4.78 is 1.19. The molecule has 1 N–H and O–H groups in total. The average molecular weight is 434 g/mol. The number of hydrogen-bond donors (Lipinski definition) is 1. The van der Waals surface area contributed by atoms with Crippen molar-refractivity contribution in [1.29, 1.82) is 0 Å². The summed E-state index contributed by atoms with van der Waals surface area (Å²) in [6.45, 7) is 8.72. The molecule has 0 aliphatic heterocycles. The zero-order chi connectivity index (χ0) is 20.8. The summed E-state index contributed by atoms with van der Waals surface area (Å²) in [4.78, 5) is 0. The molecule has 0 fully saturated rings. The molecule has 0 unspecified atom stereocenters. The predicted molar refractivity (Wildman–Crippen MR) is 127 cm³/mol. The number of aliphatic hydroxyl groups is 1. The van der Waals surface area contributed by atoms with E-state index in [0.717, 1.165) is 13.0 Å². The lowest BCUT2D eigenvalue weighted by atomic mass is 10.1. The summed E-state index contributed by atoms with van der Waals surface area (Å²) in [7, 11) is 2.44. The molecule has 0 aromatic carbocycles. The molecule has 0 rings (SSSR count). The van der Waals surface area contributed by atoms with Crippen molar-refractivity contribution in [3.63, 3.8) is 0 Å². The highest BCUT2D eigenvalue weighted by atomic mass is 35.5. The lowest BCUT2D eigenvalue weighted by Gasteiger charge is -2.35. The van der Waals surface area contributed by atoms with E-state index in [4.69, 9.17) is 0 Å². The van der Waals surface area contributed by atoms with E-state index in [1.54, 1.807) is 0 Å². The first-order valence-corrected chi connectivity index (χ1v) is 13.1. The molecular formula is C26H56ClNO. The van der Waals surface area contributed by atoms with Crippen molar-refractivity contribution in [2.75, 3.05) is 33.3 Å². The number of nitrogens with zero attached hydrogens (tertiary/aromatic N) is 1. The van der Waals surface area contributed by atoms with Gasteiger partial charge in [0, 0.05) is 13.0 Å². The van der Waals surface area contributed by atoms with Gasteiger partial charge in [-0.2, -0.15) is 0 Å². The van der Waals surface area contributed by atoms with Crippen LogP contribution < -0.4 is 12.4 Å². The minimum Gasteiger partial charge on any atom is -1.00 e. The Morgan fingerprint density at radius 1 is 0.448 bits per heavy atom. The topological polar surface area (TPSA) is 20.2 Å². The second kappa shape index (κ2) is 24.5. The highest BCUT2D eigenvalue weighted by Crippen LogP contribution is 2.15. The molecule has 178 valence electrons. The van der Waals surface area contributed by atoms with Crippen LogP contribution in [0.5, 0.6) is 0 Å². The van der Waals surface area contributed by atoms with Crippen LogP contribution in [0.1, 0.15) is 136 Å². The van der Waals surface area contributed by atoms with Crippen LogP contribution in [0, 0.1) is 0 Å². The normalized spacial score (nSPS) is 11.6. The van der Waals surface area contributed by atoms with Crippen molar-refractivity contribution in [3.05, 3.63) is 0 Å². The van der Waals surface area contributed by atoms with Crippen molar-refractivity contribution in [2.24, 2.45) is 0 Å². The van der Waals surface area contributed by atoms with Gasteiger partial charge < -0.3 is 22.0 Å². The summed E-state index contributed by atoms with van der Waals surface area (Å²) in [5, 5.41) is 9.28. The number of halogens is 1. The van der Waals surface area contributed by atoms with Crippen LogP contribution >= 0.6 is 0 Å². The van der Waals surface area contributed by atoms with E-state index in [1.165, 1.54) is 133 Å². The fraction of sp³-hybridized carbons (Fsp3) is 1.00. The SMILES string of the molecule is CCCCCCCCCCC[N+](C)(CCCO)CCCCCCCCCCC.[Cl-]. The highest BCUT2D eigenvalue weighted by molar-refractivity contribution is 4.51. The lowest BCUT2D eigenvalue weighted by molar-refractivity contribution is -0.910. The summed E-state index contributed by atoms with van der Waals surface area (Å²) in [5.74, 6) is 0. The Morgan fingerprint density at radius 2 is 0.724 bits per heavy atom. The van der Waals surface area contributed by atoms with Gasteiger partial charge in [0.25, 0.3) is 0 Å². The maximum absolute atomic E-state index is 9.28. The number of rotatable bonds is 23. The van der Waals surface area contributed by atoms with Crippen LogP contribution in [0.15, 0.2) is 0 Å². The third kappa shape index (κ3) is 22.7. The first kappa shape index (κ1) is 31.4. The van der Waals surface area contributed by atoms with Crippen molar-refractivity contribution in [2.45, 2.75) is 136 Å². The number of aliphatic hydroxyl groups excluding tert-OH is 1. The summed E-state index contributed by atoms with van der Waals surface area (Å²) in [6.07, 6.45) is 26.4. The van der Waals surface area contributed by atoms with E-state index in [2.05, 4.69) is 20.9 Å². The Balaban J connectivity index is 0. The Hall–Kier alpha value is 0.210. The Labute approximate surface area is 191 Å². The monoisotopic (exact) mass is 433 g/mol. The quantitative estimate of drug-likeness (QED) is 0.180. The minimum absolute atomic E-state index is 0. The molecule has 0 heterocycles. The molecule has 0 saturated carbocycles. The van der Waals surface area contributed by atoms with Gasteiger partial charge in [-0.1, -0.05) is 104 Å². The average Bonchev–Trinajstić information content (AvgIpc) is 2.70. The van der Waals surface area contributed by atoms with Crippen molar-refractivity contribution in [3.8, 4) is 0 Å². The van der Waals surface area contributed by atoms with Gasteiger partial charge in [0.05, 0.1) is 26.7 Å². The number of unbranched alkanes of at least 4 members (excludes halogenated alkanes) is 16. The van der Waals surface area contributed by atoms with Crippen molar-refractivity contribution < 1.29 is 22.0 Å². The highest BCUT2D eigenvalue weighted by Gasteiger charge is 2.19. The van der Waals surface area contributed by atoms with Gasteiger partial charge in [-0.3, -0.25) is 0 Å². The number of quaternary nitrogens is 1. The summed E-state index contributed by atoms with van der Waals surface area (Å²) in [6, 6.07) is 0. The van der Waals surface area contributed by atoms with Gasteiger partial charge in [0.2, 0.25) is 0 Å². The Morgan fingerprint density at radius 3 is 1.03 bits per heavy atom. The molecule has 0 aromatic rings. The van der Waals surface area contributed by atoms with E-state index >= 15 is 0 Å². The Bertz CT molecular complexity index is 276. The molecule has 0 aliphatic rings. The second-order valence-corrected chi connectivity index (χ2v) is 9.52. The zero-order valence-corrected chi connectivity index (χ0v) is 21.3. The summed E-state index contributed by atoms with van der Waals surface area (Å²) in [5.41, 5.74) is 0. The van der Waals surface area contributed by atoms with Crippen LogP contribution in [0.4, 0.5) is 0 Å². The van der Waals surface area contributed by atoms with Crippen LogP contribution in [-0.4, -0.2) is 42.9 Å². The van der Waals surface area contributed by atoms with E-state index < -0.39 is 0 Å². The molecular weight excluding hydrogens is 378 g/mol. The van der Waals surface area contributed by atoms with Crippen LogP contribution in [0.3, 0.4) is 0 Å². The summed E-state index contributed by atoms with van der Waals surface area (Å²) >= 11 is 0. The van der Waals surface area contributed by atoms with E-state index in [-0.39, 0.29) is 12.4 Å². The standard InChI is InChI=1S/C26H56NO.ClH/c1-4-6-8-10-12-14-16-18-20-23-27(3,25-22-26-28)24-21-19-17-15-13-11-9-7-5-2;/h28H,4-26H2,1-3H3;1H/q+1;/p-1. The maximum atomic E-state index is 9.28. The maximum Gasteiger partial charge on any atom is 0.0806 e. The van der Waals surface area contributed by atoms with Gasteiger partial charge in [-0.15, -0.1) is 0 Å². The molecule has 0 radical (unpaired) electrons. The van der Waals surface area contributed by atoms with Crippen LogP contribution in [0.25, 0.3) is 0 Å². The van der Waals surface area contributed by atoms with E-state index in [0.29, 0.717) is 6.61 Å². The van der Waals surface area contributed by atoms with E-state index in [1.807, 2.05) is 0 Å². The molecule has 0 bridgehead atoms. The van der Waals surface area contributed by atoms with Crippen molar-refractivity contribution >= 4 is 0 Å². The fourth-order valence-electron chi connectivity index (χ4n) is 4.40. The van der Waals surface area contributed by atoms with Gasteiger partial charge in [-0.05, 0) is 25.7 Å². The second-order valence-electron chi connectivity index (χ2n) is 9.52. The number of hydrogen-bond acceptors (Lipinski definition) is 1. The van der Waals surface area contributed by atoms with Crippen molar-refractivity contribution in [1.82, 2.24) is 0 Å². The largest absolute Gasteiger partial charge is 1.00 e. The molecule has 0 aromatic heterocycles. The third-order valence-electron chi connectivity index (χ3n) is 6.46. The third-order valence-corrected chi connectivity index (χ3v) is 6.46. The van der Waals surface area contributed by atoms with Gasteiger partial charge in [-0.25, -0.2) is 0 Å². The minimum atomic E-state index is 0. The first-order valence-electron chi connectivity index (χ1n) is 13.1. The molecule has 0 amide bonds.